The van der Waals surface area contributed by atoms with Crippen molar-refractivity contribution in [3.63, 3.8) is 0 Å². The summed E-state index contributed by atoms with van der Waals surface area (Å²) in [6.07, 6.45) is 0.695. The Morgan fingerprint density at radius 1 is 1.33 bits per heavy atom. The van der Waals surface area contributed by atoms with E-state index in [1.54, 1.807) is 18.2 Å². The molecule has 0 aliphatic carbocycles. The monoisotopic (exact) mass is 274 g/mol. The molecule has 1 atom stereocenters. The Morgan fingerprint density at radius 2 is 2.00 bits per heavy atom. The molecule has 6 heteroatoms. The van der Waals surface area contributed by atoms with Crippen LogP contribution in [-0.2, 0) is 10.0 Å². The van der Waals surface area contributed by atoms with Gasteiger partial charge in [0.05, 0.1) is 5.75 Å². The van der Waals surface area contributed by atoms with Crippen LogP contribution in [0.5, 0.6) is 0 Å². The lowest BCUT2D eigenvalue weighted by molar-refractivity contribution is 0.498. The Balaban J connectivity index is 2.61. The van der Waals surface area contributed by atoms with Crippen LogP contribution in [0.15, 0.2) is 24.3 Å². The molecule has 0 radical (unpaired) electrons. The molecule has 0 bridgehead atoms. The Bertz CT molecular complexity index is 477. The molecular weight excluding hydrogens is 255 g/mol. The number of halogens is 1. The van der Waals surface area contributed by atoms with Crippen LogP contribution in [0.4, 0.5) is 4.39 Å². The lowest BCUT2D eigenvalue weighted by atomic mass is 10.0. The molecule has 0 heterocycles. The topological polar surface area (TPSA) is 58.2 Å². The zero-order chi connectivity index (χ0) is 13.6. The average Bonchev–Trinajstić information content (AvgIpc) is 2.36. The van der Waals surface area contributed by atoms with Crippen LogP contribution >= 0.6 is 0 Å². The normalized spacial score (nSPS) is 13.5. The van der Waals surface area contributed by atoms with Gasteiger partial charge in [0.15, 0.2) is 0 Å². The Hall–Kier alpha value is -0.980. The highest BCUT2D eigenvalue weighted by Gasteiger charge is 2.14. The van der Waals surface area contributed by atoms with Crippen molar-refractivity contribution >= 4 is 10.0 Å². The Labute approximate surface area is 108 Å². The van der Waals surface area contributed by atoms with Gasteiger partial charge in [-0.3, -0.25) is 0 Å². The standard InChI is InChI=1S/C12H19FN2O2S/c1-3-12(10-6-4-5-7-11(10)13)15-8-9-18(16,17)14-2/h4-7,12,14-15H,3,8-9H2,1-2H3. The van der Waals surface area contributed by atoms with Crippen molar-refractivity contribution in [2.75, 3.05) is 19.3 Å². The molecule has 18 heavy (non-hydrogen) atoms. The van der Waals surface area contributed by atoms with E-state index in [-0.39, 0.29) is 24.2 Å². The van der Waals surface area contributed by atoms with Gasteiger partial charge < -0.3 is 5.32 Å². The number of benzene rings is 1. The van der Waals surface area contributed by atoms with E-state index in [0.717, 1.165) is 0 Å². The van der Waals surface area contributed by atoms with Gasteiger partial charge in [-0.15, -0.1) is 0 Å². The third-order valence-corrected chi connectivity index (χ3v) is 4.13. The molecule has 0 fully saturated rings. The van der Waals surface area contributed by atoms with E-state index in [9.17, 15) is 12.8 Å². The van der Waals surface area contributed by atoms with Crippen LogP contribution in [-0.4, -0.2) is 27.8 Å². The minimum atomic E-state index is -3.22. The largest absolute Gasteiger partial charge is 0.309 e. The maximum atomic E-state index is 13.6. The van der Waals surface area contributed by atoms with Crippen molar-refractivity contribution in [1.82, 2.24) is 10.0 Å². The molecule has 0 aliphatic heterocycles. The summed E-state index contributed by atoms with van der Waals surface area (Å²) in [7, 11) is -1.84. The highest BCUT2D eigenvalue weighted by molar-refractivity contribution is 7.89. The number of hydrogen-bond donors (Lipinski definition) is 2. The smallest absolute Gasteiger partial charge is 0.212 e. The van der Waals surface area contributed by atoms with Crippen molar-refractivity contribution < 1.29 is 12.8 Å². The average molecular weight is 274 g/mol. The molecule has 102 valence electrons. The van der Waals surface area contributed by atoms with Gasteiger partial charge in [-0.1, -0.05) is 25.1 Å². The lowest BCUT2D eigenvalue weighted by Crippen LogP contribution is -2.31. The molecule has 0 aromatic heterocycles. The number of nitrogens with one attached hydrogen (secondary N) is 2. The first-order valence-electron chi connectivity index (χ1n) is 5.89. The summed E-state index contributed by atoms with van der Waals surface area (Å²) in [5, 5.41) is 3.06. The first kappa shape index (κ1) is 15.1. The first-order valence-corrected chi connectivity index (χ1v) is 7.54. The highest BCUT2D eigenvalue weighted by atomic mass is 32.2. The van der Waals surface area contributed by atoms with Crippen molar-refractivity contribution in [2.45, 2.75) is 19.4 Å². The summed E-state index contributed by atoms with van der Waals surface area (Å²) in [5.41, 5.74) is 0.571. The fraction of sp³-hybridized carbons (Fsp3) is 0.500. The van der Waals surface area contributed by atoms with Crippen LogP contribution in [0.3, 0.4) is 0 Å². The minimum Gasteiger partial charge on any atom is -0.309 e. The molecule has 4 nitrogen and oxygen atoms in total. The van der Waals surface area contributed by atoms with Crippen LogP contribution < -0.4 is 10.0 Å². The summed E-state index contributed by atoms with van der Waals surface area (Å²) in [4.78, 5) is 0. The van der Waals surface area contributed by atoms with Crippen LogP contribution in [0.25, 0.3) is 0 Å². The molecule has 1 unspecified atom stereocenters. The lowest BCUT2D eigenvalue weighted by Gasteiger charge is -2.17. The first-order chi connectivity index (χ1) is 8.50. The summed E-state index contributed by atoms with van der Waals surface area (Å²) in [5.74, 6) is -0.289. The van der Waals surface area contributed by atoms with E-state index >= 15 is 0 Å². The second kappa shape index (κ2) is 6.82. The third-order valence-electron chi connectivity index (χ3n) is 2.76. The van der Waals surface area contributed by atoms with Gasteiger partial charge in [0, 0.05) is 18.2 Å². The molecule has 0 amide bonds. The highest BCUT2D eigenvalue weighted by Crippen LogP contribution is 2.19. The molecule has 0 saturated carbocycles. The van der Waals surface area contributed by atoms with Gasteiger partial charge in [-0.2, -0.15) is 0 Å². The Kier molecular flexibility index (Phi) is 5.71. The van der Waals surface area contributed by atoms with E-state index in [4.69, 9.17) is 0 Å². The molecule has 1 aromatic rings. The van der Waals surface area contributed by atoms with Crippen LogP contribution in [0.1, 0.15) is 24.9 Å². The van der Waals surface area contributed by atoms with Crippen LogP contribution in [0.2, 0.25) is 0 Å². The van der Waals surface area contributed by atoms with E-state index in [2.05, 4.69) is 10.0 Å². The SMILES string of the molecule is CCC(NCCS(=O)(=O)NC)c1ccccc1F. The second-order valence-corrected chi connectivity index (χ2v) is 6.01. The van der Waals surface area contributed by atoms with E-state index in [1.807, 2.05) is 6.92 Å². The fourth-order valence-electron chi connectivity index (χ4n) is 1.70. The van der Waals surface area contributed by atoms with Gasteiger partial charge >= 0.3 is 0 Å². The van der Waals surface area contributed by atoms with Gasteiger partial charge in [0.2, 0.25) is 10.0 Å². The maximum Gasteiger partial charge on any atom is 0.212 e. The van der Waals surface area contributed by atoms with Gasteiger partial charge in [0.1, 0.15) is 5.82 Å². The zero-order valence-corrected chi connectivity index (χ0v) is 11.4. The van der Waals surface area contributed by atoms with Gasteiger partial charge in [0.25, 0.3) is 0 Å². The van der Waals surface area contributed by atoms with E-state index in [0.29, 0.717) is 12.0 Å². The maximum absolute atomic E-state index is 13.6. The zero-order valence-electron chi connectivity index (χ0n) is 10.6. The van der Waals surface area contributed by atoms with Gasteiger partial charge in [-0.05, 0) is 19.5 Å². The molecule has 0 saturated heterocycles. The fourth-order valence-corrected chi connectivity index (χ4v) is 2.29. The molecule has 1 rings (SSSR count). The van der Waals surface area contributed by atoms with Crippen molar-refractivity contribution in [2.24, 2.45) is 0 Å². The quantitative estimate of drug-likeness (QED) is 0.790. The van der Waals surface area contributed by atoms with E-state index < -0.39 is 10.0 Å². The number of sulfonamides is 1. The summed E-state index contributed by atoms with van der Waals surface area (Å²) in [6.45, 7) is 2.21. The van der Waals surface area contributed by atoms with Crippen molar-refractivity contribution in [3.8, 4) is 0 Å². The van der Waals surface area contributed by atoms with Gasteiger partial charge in [-0.25, -0.2) is 17.5 Å². The predicted molar refractivity (Wildman–Crippen MR) is 70.3 cm³/mol. The van der Waals surface area contributed by atoms with Crippen LogP contribution in [0, 0.1) is 5.82 Å². The predicted octanol–water partition coefficient (Wildman–Crippen LogP) is 1.42. The van der Waals surface area contributed by atoms with Crippen molar-refractivity contribution in [3.05, 3.63) is 35.6 Å². The molecular formula is C12H19FN2O2S. The summed E-state index contributed by atoms with van der Waals surface area (Å²) in [6, 6.07) is 6.36. The molecule has 1 aromatic carbocycles. The molecule has 2 N–H and O–H groups in total. The van der Waals surface area contributed by atoms with Crippen molar-refractivity contribution in [1.29, 1.82) is 0 Å². The molecule has 0 spiro atoms. The third kappa shape index (κ3) is 4.36. The summed E-state index contributed by atoms with van der Waals surface area (Å²) >= 11 is 0. The minimum absolute atomic E-state index is 0.0194. The second-order valence-electron chi connectivity index (χ2n) is 3.96. The number of hydrogen-bond acceptors (Lipinski definition) is 3. The molecule has 0 aliphatic rings. The number of rotatable bonds is 7. The Morgan fingerprint density at radius 3 is 2.56 bits per heavy atom. The summed E-state index contributed by atoms with van der Waals surface area (Å²) < 4.78 is 38.3. The van der Waals surface area contributed by atoms with E-state index in [1.165, 1.54) is 13.1 Å².